The Kier molecular flexibility index (Phi) is 4.14. The molecule has 0 amide bonds. The molecule has 2 fully saturated rings. The fraction of sp³-hybridized carbons (Fsp3) is 0.667. The number of rotatable bonds is 3. The van der Waals surface area contributed by atoms with Gasteiger partial charge in [-0.2, -0.15) is 17.0 Å². The van der Waals surface area contributed by atoms with Crippen LogP contribution in [-0.2, 0) is 10.2 Å². The lowest BCUT2D eigenvalue weighted by Crippen LogP contribution is -2.61. The highest BCUT2D eigenvalue weighted by atomic mass is 32.2. The first-order valence-electron chi connectivity index (χ1n) is 8.60. The first-order valence-corrected chi connectivity index (χ1v) is 10.00. The van der Waals surface area contributed by atoms with Crippen LogP contribution in [0, 0.1) is 5.92 Å². The average molecular weight is 381 g/mol. The third-order valence-corrected chi connectivity index (χ3v) is 7.43. The molecule has 0 spiro atoms. The lowest BCUT2D eigenvalue weighted by molar-refractivity contribution is -0.0694. The largest absolute Gasteiger partial charge is 0.389 e. The van der Waals surface area contributed by atoms with Crippen LogP contribution < -0.4 is 4.90 Å². The molecule has 0 aromatic carbocycles. The second-order valence-electron chi connectivity index (χ2n) is 7.19. The Hall–Kier alpha value is -1.82. The van der Waals surface area contributed by atoms with E-state index in [9.17, 15) is 13.5 Å². The molecule has 2 aliphatic rings. The molecule has 0 unspecified atom stereocenters. The highest BCUT2D eigenvalue weighted by molar-refractivity contribution is 7.86. The topological polar surface area (TPSA) is 119 Å². The van der Waals surface area contributed by atoms with E-state index >= 15 is 0 Å². The summed E-state index contributed by atoms with van der Waals surface area (Å²) >= 11 is 0. The zero-order valence-corrected chi connectivity index (χ0v) is 15.6. The van der Waals surface area contributed by atoms with Crippen LogP contribution in [0.3, 0.4) is 0 Å². The van der Waals surface area contributed by atoms with Crippen molar-refractivity contribution < 1.29 is 13.5 Å². The quantitative estimate of drug-likeness (QED) is 0.730. The predicted octanol–water partition coefficient (Wildman–Crippen LogP) is -0.578. The monoisotopic (exact) mass is 381 g/mol. The van der Waals surface area contributed by atoms with E-state index in [0.717, 1.165) is 11.3 Å². The van der Waals surface area contributed by atoms with Crippen molar-refractivity contribution in [2.45, 2.75) is 18.4 Å². The van der Waals surface area contributed by atoms with E-state index < -0.39 is 15.8 Å². The number of aliphatic hydroxyl groups is 1. The minimum atomic E-state index is -3.49. The Labute approximate surface area is 152 Å². The highest BCUT2D eigenvalue weighted by Gasteiger charge is 2.48. The minimum absolute atomic E-state index is 0.187. The molecular formula is C15H23N7O3S. The standard InChI is InChI=1S/C15H23N7O3S/c1-20(2)26(24,25)22-6-4-15(23)3-5-21(7-11(15)8-22)14-12-13(17-9-16-12)18-10-19-14/h9-11,23H,3-8H2,1-2H3,(H,16,17,18,19)/t11-,15-/m1/s1. The molecule has 142 valence electrons. The van der Waals surface area contributed by atoms with Crippen LogP contribution >= 0.6 is 0 Å². The molecule has 2 saturated heterocycles. The van der Waals surface area contributed by atoms with E-state index in [4.69, 9.17) is 0 Å². The fourth-order valence-electron chi connectivity index (χ4n) is 3.90. The van der Waals surface area contributed by atoms with Crippen LogP contribution in [-0.4, -0.2) is 87.9 Å². The summed E-state index contributed by atoms with van der Waals surface area (Å²) < 4.78 is 27.6. The zero-order valence-electron chi connectivity index (χ0n) is 14.8. The minimum Gasteiger partial charge on any atom is -0.389 e. The summed E-state index contributed by atoms with van der Waals surface area (Å²) in [6.07, 6.45) is 4.08. The predicted molar refractivity (Wildman–Crippen MR) is 95.8 cm³/mol. The van der Waals surface area contributed by atoms with Crippen molar-refractivity contribution in [2.75, 3.05) is 45.2 Å². The Morgan fingerprint density at radius 2 is 2.00 bits per heavy atom. The third-order valence-electron chi connectivity index (χ3n) is 5.52. The first-order chi connectivity index (χ1) is 12.3. The van der Waals surface area contributed by atoms with E-state index in [1.807, 2.05) is 0 Å². The molecule has 0 bridgehead atoms. The number of piperidine rings is 2. The maximum Gasteiger partial charge on any atom is 0.281 e. The van der Waals surface area contributed by atoms with Gasteiger partial charge in [0.15, 0.2) is 11.5 Å². The second kappa shape index (κ2) is 6.12. The van der Waals surface area contributed by atoms with Crippen molar-refractivity contribution in [3.05, 3.63) is 12.7 Å². The number of aromatic nitrogens is 4. The number of anilines is 1. The van der Waals surface area contributed by atoms with Gasteiger partial charge >= 0.3 is 0 Å². The molecule has 2 aliphatic heterocycles. The summed E-state index contributed by atoms with van der Waals surface area (Å²) in [6, 6.07) is 0. The number of aromatic amines is 1. The summed E-state index contributed by atoms with van der Waals surface area (Å²) in [5.41, 5.74) is 0.511. The summed E-state index contributed by atoms with van der Waals surface area (Å²) in [5, 5.41) is 11.0. The normalized spacial score (nSPS) is 27.8. The van der Waals surface area contributed by atoms with Crippen LogP contribution in [0.1, 0.15) is 12.8 Å². The van der Waals surface area contributed by atoms with Crippen LogP contribution in [0.15, 0.2) is 12.7 Å². The van der Waals surface area contributed by atoms with Crippen molar-refractivity contribution in [3.63, 3.8) is 0 Å². The smallest absolute Gasteiger partial charge is 0.281 e. The van der Waals surface area contributed by atoms with Crippen LogP contribution in [0.4, 0.5) is 5.82 Å². The Morgan fingerprint density at radius 3 is 2.77 bits per heavy atom. The number of nitrogens with zero attached hydrogens (tertiary/aromatic N) is 6. The molecule has 11 heteroatoms. The summed E-state index contributed by atoms with van der Waals surface area (Å²) in [4.78, 5) is 17.8. The van der Waals surface area contributed by atoms with E-state index in [0.29, 0.717) is 44.7 Å². The van der Waals surface area contributed by atoms with Crippen molar-refractivity contribution in [3.8, 4) is 0 Å². The van der Waals surface area contributed by atoms with Crippen LogP contribution in [0.25, 0.3) is 11.2 Å². The number of imidazole rings is 1. The van der Waals surface area contributed by atoms with E-state index in [1.165, 1.54) is 29.0 Å². The molecule has 0 saturated carbocycles. The molecule has 26 heavy (non-hydrogen) atoms. The SMILES string of the molecule is CN(C)S(=O)(=O)N1CC[C@]2(O)CCN(c3ncnc4nc[nH]c34)C[C@@H]2C1. The molecule has 4 heterocycles. The molecule has 2 N–H and O–H groups in total. The van der Waals surface area contributed by atoms with Crippen molar-refractivity contribution in [1.82, 2.24) is 28.5 Å². The number of hydrogen-bond donors (Lipinski definition) is 2. The maximum atomic E-state index is 12.5. The van der Waals surface area contributed by atoms with Gasteiger partial charge in [0.2, 0.25) is 0 Å². The van der Waals surface area contributed by atoms with Gasteiger partial charge in [0.25, 0.3) is 10.2 Å². The molecule has 2 atom stereocenters. The van der Waals surface area contributed by atoms with Gasteiger partial charge in [-0.1, -0.05) is 0 Å². The van der Waals surface area contributed by atoms with E-state index in [-0.39, 0.29) is 5.92 Å². The molecule has 0 radical (unpaired) electrons. The first kappa shape index (κ1) is 17.6. The van der Waals surface area contributed by atoms with Crippen LogP contribution in [0.5, 0.6) is 0 Å². The Bertz CT molecular complexity index is 915. The molecular weight excluding hydrogens is 358 g/mol. The number of nitrogens with one attached hydrogen (secondary N) is 1. The lowest BCUT2D eigenvalue weighted by Gasteiger charge is -2.50. The van der Waals surface area contributed by atoms with E-state index in [2.05, 4.69) is 24.8 Å². The Balaban J connectivity index is 1.60. The van der Waals surface area contributed by atoms with Gasteiger partial charge < -0.3 is 15.0 Å². The summed E-state index contributed by atoms with van der Waals surface area (Å²) in [7, 11) is -0.436. The van der Waals surface area contributed by atoms with Gasteiger partial charge in [-0.05, 0) is 12.8 Å². The molecule has 4 rings (SSSR count). The number of H-pyrrole nitrogens is 1. The molecule has 2 aromatic rings. The maximum absolute atomic E-state index is 12.5. The lowest BCUT2D eigenvalue weighted by atomic mass is 9.76. The average Bonchev–Trinajstić information content (AvgIpc) is 3.09. The van der Waals surface area contributed by atoms with Crippen molar-refractivity contribution in [2.24, 2.45) is 5.92 Å². The van der Waals surface area contributed by atoms with Gasteiger partial charge in [-0.15, -0.1) is 0 Å². The molecule has 2 aromatic heterocycles. The Morgan fingerprint density at radius 1 is 1.23 bits per heavy atom. The fourth-order valence-corrected chi connectivity index (χ4v) is 5.05. The number of hydrogen-bond acceptors (Lipinski definition) is 7. The van der Waals surface area contributed by atoms with Crippen LogP contribution in [0.2, 0.25) is 0 Å². The molecule has 0 aliphatic carbocycles. The zero-order chi connectivity index (χ0) is 18.5. The van der Waals surface area contributed by atoms with E-state index in [1.54, 1.807) is 6.33 Å². The number of fused-ring (bicyclic) bond motifs is 2. The van der Waals surface area contributed by atoms with Gasteiger partial charge in [-0.3, -0.25) is 0 Å². The van der Waals surface area contributed by atoms with Crippen molar-refractivity contribution >= 4 is 27.2 Å². The second-order valence-corrected chi connectivity index (χ2v) is 9.34. The third kappa shape index (κ3) is 2.75. The molecule has 10 nitrogen and oxygen atoms in total. The van der Waals surface area contributed by atoms with Gasteiger partial charge in [0.1, 0.15) is 11.8 Å². The summed E-state index contributed by atoms with van der Waals surface area (Å²) in [5.74, 6) is 0.551. The van der Waals surface area contributed by atoms with Crippen molar-refractivity contribution in [1.29, 1.82) is 0 Å². The summed E-state index contributed by atoms with van der Waals surface area (Å²) in [6.45, 7) is 1.82. The van der Waals surface area contributed by atoms with Gasteiger partial charge in [0, 0.05) is 46.2 Å². The highest BCUT2D eigenvalue weighted by Crippen LogP contribution is 2.38. The van der Waals surface area contributed by atoms with Gasteiger partial charge in [0.05, 0.1) is 11.9 Å². The van der Waals surface area contributed by atoms with Gasteiger partial charge in [-0.25, -0.2) is 15.0 Å².